The van der Waals surface area contributed by atoms with Crippen molar-refractivity contribution in [2.45, 2.75) is 78.4 Å². The molecule has 0 aliphatic carbocycles. The molecule has 2 unspecified atom stereocenters. The number of rotatable bonds is 7. The maximum atomic E-state index is 11.4. The standard InChI is InChI=1S/C13H23N3O.C5H8N2OS.C2H6/c1-4-5-6-13(17)14-8-10-16-9-7-12(15-16)11(2)3;8-5-6-3-1-9-2-4(3)7-5;1-2/h7,9,11H,4-6,8,10H2,1-3H3,(H,14,17);3-4H,1-2H2,(H2,6,7,8);1-2H3. The normalized spacial score (nSPS) is 19.6. The Kier molecular flexibility index (Phi) is 11.7. The van der Waals surface area contributed by atoms with E-state index < -0.39 is 0 Å². The Bertz CT molecular complexity index is 577. The van der Waals surface area contributed by atoms with Crippen LogP contribution in [-0.4, -0.2) is 51.9 Å². The molecule has 0 bridgehead atoms. The second-order valence-corrected chi connectivity index (χ2v) is 8.06. The Labute approximate surface area is 173 Å². The molecule has 0 saturated carbocycles. The molecule has 1 aromatic rings. The first kappa shape index (κ1) is 24.3. The molecule has 3 N–H and O–H groups in total. The summed E-state index contributed by atoms with van der Waals surface area (Å²) in [4.78, 5) is 22.0. The average Bonchev–Trinajstić information content (AvgIpc) is 3.38. The Morgan fingerprint density at radius 3 is 2.50 bits per heavy atom. The fourth-order valence-electron chi connectivity index (χ4n) is 2.76. The molecule has 2 fully saturated rings. The number of carbonyl (C=O) groups excluding carboxylic acids is 2. The first-order chi connectivity index (χ1) is 13.5. The van der Waals surface area contributed by atoms with Gasteiger partial charge in [0.15, 0.2) is 0 Å². The van der Waals surface area contributed by atoms with Gasteiger partial charge in [-0.3, -0.25) is 9.48 Å². The van der Waals surface area contributed by atoms with Gasteiger partial charge in [0.2, 0.25) is 5.91 Å². The van der Waals surface area contributed by atoms with Gasteiger partial charge in [0.25, 0.3) is 0 Å². The number of unbranched alkanes of at least 4 members (excludes halogenated alkanes) is 1. The molecule has 0 spiro atoms. The van der Waals surface area contributed by atoms with Crippen molar-refractivity contribution in [3.63, 3.8) is 0 Å². The minimum atomic E-state index is 0.00491. The molecule has 2 saturated heterocycles. The fourth-order valence-corrected chi connectivity index (χ4v) is 4.04. The maximum Gasteiger partial charge on any atom is 0.315 e. The van der Waals surface area contributed by atoms with Crippen LogP contribution in [0.4, 0.5) is 4.79 Å². The second kappa shape index (κ2) is 13.5. The predicted molar refractivity (Wildman–Crippen MR) is 117 cm³/mol. The summed E-state index contributed by atoms with van der Waals surface area (Å²) in [6, 6.07) is 2.85. The molecule has 2 aliphatic rings. The van der Waals surface area contributed by atoms with Crippen LogP contribution in [0.3, 0.4) is 0 Å². The molecule has 3 heterocycles. The van der Waals surface area contributed by atoms with Gasteiger partial charge in [-0.2, -0.15) is 16.9 Å². The van der Waals surface area contributed by atoms with Crippen molar-refractivity contribution in [2.75, 3.05) is 18.1 Å². The van der Waals surface area contributed by atoms with Crippen molar-refractivity contribution < 1.29 is 9.59 Å². The number of aromatic nitrogens is 2. The molecular weight excluding hydrogens is 374 g/mol. The molecule has 0 radical (unpaired) electrons. The summed E-state index contributed by atoms with van der Waals surface area (Å²) >= 11 is 1.89. The zero-order chi connectivity index (χ0) is 20.9. The van der Waals surface area contributed by atoms with Crippen molar-refractivity contribution in [3.8, 4) is 0 Å². The van der Waals surface area contributed by atoms with Gasteiger partial charge < -0.3 is 16.0 Å². The molecule has 7 nitrogen and oxygen atoms in total. The van der Waals surface area contributed by atoms with Gasteiger partial charge in [0.1, 0.15) is 0 Å². The van der Waals surface area contributed by atoms with Crippen molar-refractivity contribution in [1.29, 1.82) is 0 Å². The summed E-state index contributed by atoms with van der Waals surface area (Å²) < 4.78 is 1.88. The lowest BCUT2D eigenvalue weighted by Gasteiger charge is -2.05. The molecule has 28 heavy (non-hydrogen) atoms. The van der Waals surface area contributed by atoms with E-state index in [0.717, 1.165) is 36.6 Å². The fraction of sp³-hybridized carbons (Fsp3) is 0.750. The number of hydrogen-bond donors (Lipinski definition) is 3. The summed E-state index contributed by atoms with van der Waals surface area (Å²) in [6.07, 6.45) is 4.62. The Balaban J connectivity index is 0.000000295. The molecule has 160 valence electrons. The Morgan fingerprint density at radius 2 is 1.96 bits per heavy atom. The first-order valence-electron chi connectivity index (χ1n) is 10.4. The number of amides is 3. The van der Waals surface area contributed by atoms with E-state index in [1.165, 1.54) is 0 Å². The van der Waals surface area contributed by atoms with E-state index >= 15 is 0 Å². The smallest absolute Gasteiger partial charge is 0.315 e. The summed E-state index contributed by atoms with van der Waals surface area (Å²) in [6.45, 7) is 11.7. The van der Waals surface area contributed by atoms with Crippen LogP contribution in [-0.2, 0) is 11.3 Å². The van der Waals surface area contributed by atoms with Crippen molar-refractivity contribution >= 4 is 23.7 Å². The number of nitrogens with one attached hydrogen (secondary N) is 3. The maximum absolute atomic E-state index is 11.4. The second-order valence-electron chi connectivity index (χ2n) is 6.98. The van der Waals surface area contributed by atoms with Gasteiger partial charge in [0.05, 0.1) is 24.3 Å². The third-order valence-electron chi connectivity index (χ3n) is 4.39. The van der Waals surface area contributed by atoms with Crippen LogP contribution in [0.15, 0.2) is 12.3 Å². The van der Waals surface area contributed by atoms with Gasteiger partial charge in [-0.05, 0) is 18.4 Å². The van der Waals surface area contributed by atoms with Crippen LogP contribution in [0.1, 0.15) is 65.5 Å². The van der Waals surface area contributed by atoms with Crippen molar-refractivity contribution in [1.82, 2.24) is 25.7 Å². The van der Waals surface area contributed by atoms with E-state index in [4.69, 9.17) is 0 Å². The number of urea groups is 1. The van der Waals surface area contributed by atoms with E-state index in [9.17, 15) is 9.59 Å². The summed E-state index contributed by atoms with van der Waals surface area (Å²) in [7, 11) is 0. The summed E-state index contributed by atoms with van der Waals surface area (Å²) in [5.74, 6) is 2.74. The van der Waals surface area contributed by atoms with Crippen LogP contribution in [0, 0.1) is 0 Å². The van der Waals surface area contributed by atoms with Crippen molar-refractivity contribution in [2.24, 2.45) is 0 Å². The molecule has 3 rings (SSSR count). The SMILES string of the molecule is CC.CCCCC(=O)NCCn1ccc(C(C)C)n1.O=C1NC2CSCC2N1. The molecule has 8 heteroatoms. The lowest BCUT2D eigenvalue weighted by Crippen LogP contribution is -2.31. The largest absolute Gasteiger partial charge is 0.354 e. The molecule has 2 atom stereocenters. The number of nitrogens with zero attached hydrogens (tertiary/aromatic N) is 2. The molecule has 3 amide bonds. The topological polar surface area (TPSA) is 88.0 Å². The van der Waals surface area contributed by atoms with Crippen LogP contribution < -0.4 is 16.0 Å². The van der Waals surface area contributed by atoms with E-state index in [-0.39, 0.29) is 11.9 Å². The highest BCUT2D eigenvalue weighted by Crippen LogP contribution is 2.20. The van der Waals surface area contributed by atoms with Gasteiger partial charge in [-0.25, -0.2) is 4.79 Å². The van der Waals surface area contributed by atoms with Gasteiger partial charge in [0, 0.05) is 30.7 Å². The van der Waals surface area contributed by atoms with Crippen LogP contribution in [0.25, 0.3) is 0 Å². The average molecular weight is 412 g/mol. The summed E-state index contributed by atoms with van der Waals surface area (Å²) in [5.41, 5.74) is 1.10. The highest BCUT2D eigenvalue weighted by atomic mass is 32.2. The third kappa shape index (κ3) is 8.54. The zero-order valence-corrected chi connectivity index (χ0v) is 18.8. The Hall–Kier alpha value is -1.70. The monoisotopic (exact) mass is 411 g/mol. The summed E-state index contributed by atoms with van der Waals surface area (Å²) in [5, 5.41) is 13.0. The van der Waals surface area contributed by atoms with Crippen molar-refractivity contribution in [3.05, 3.63) is 18.0 Å². The number of fused-ring (bicyclic) bond motifs is 1. The quantitative estimate of drug-likeness (QED) is 0.602. The minimum Gasteiger partial charge on any atom is -0.354 e. The van der Waals surface area contributed by atoms with Crippen LogP contribution >= 0.6 is 11.8 Å². The number of thioether (sulfide) groups is 1. The van der Waals surface area contributed by atoms with E-state index in [1.807, 2.05) is 42.6 Å². The van der Waals surface area contributed by atoms with Gasteiger partial charge >= 0.3 is 6.03 Å². The number of hydrogen-bond acceptors (Lipinski definition) is 4. The zero-order valence-electron chi connectivity index (χ0n) is 18.0. The highest BCUT2D eigenvalue weighted by molar-refractivity contribution is 7.99. The first-order valence-corrected chi connectivity index (χ1v) is 11.6. The van der Waals surface area contributed by atoms with Gasteiger partial charge in [-0.15, -0.1) is 0 Å². The van der Waals surface area contributed by atoms with Gasteiger partial charge in [-0.1, -0.05) is 41.0 Å². The lowest BCUT2D eigenvalue weighted by atomic mass is 10.1. The van der Waals surface area contributed by atoms with Crippen LogP contribution in [0.2, 0.25) is 0 Å². The molecule has 0 aromatic carbocycles. The molecular formula is C20H37N5O2S. The minimum absolute atomic E-state index is 0.00491. The third-order valence-corrected chi connectivity index (χ3v) is 5.58. The van der Waals surface area contributed by atoms with Crippen LogP contribution in [0.5, 0.6) is 0 Å². The molecule has 1 aromatic heterocycles. The highest BCUT2D eigenvalue weighted by Gasteiger charge is 2.35. The molecule has 2 aliphatic heterocycles. The Morgan fingerprint density at radius 1 is 1.32 bits per heavy atom. The number of carbonyl (C=O) groups is 2. The van der Waals surface area contributed by atoms with E-state index in [1.54, 1.807) is 0 Å². The lowest BCUT2D eigenvalue weighted by molar-refractivity contribution is -0.121. The van der Waals surface area contributed by atoms with E-state index in [2.05, 4.69) is 41.8 Å². The van der Waals surface area contributed by atoms with E-state index in [0.29, 0.717) is 31.0 Å². The predicted octanol–water partition coefficient (Wildman–Crippen LogP) is 3.12.